The van der Waals surface area contributed by atoms with Crippen LogP contribution in [0.25, 0.3) is 11.1 Å². The molecule has 0 aromatic heterocycles. The van der Waals surface area contributed by atoms with Crippen LogP contribution in [0.1, 0.15) is 17.9 Å². The maximum Gasteiger partial charge on any atom is 0.325 e. The van der Waals surface area contributed by atoms with Crippen LogP contribution in [0.4, 0.5) is 5.69 Å². The van der Waals surface area contributed by atoms with E-state index in [4.69, 9.17) is 11.6 Å². The molecule has 178 valence electrons. The molecule has 4 rings (SSSR count). The van der Waals surface area contributed by atoms with E-state index in [0.29, 0.717) is 10.6 Å². The molecule has 2 unspecified atom stereocenters. The zero-order valence-corrected chi connectivity index (χ0v) is 20.3. The van der Waals surface area contributed by atoms with Gasteiger partial charge < -0.3 is 5.11 Å². The molecule has 1 fully saturated rings. The largest absolute Gasteiger partial charge is 0.480 e. The minimum Gasteiger partial charge on any atom is -0.480 e. The van der Waals surface area contributed by atoms with Crippen LogP contribution in [-0.2, 0) is 24.8 Å². The third kappa shape index (κ3) is 5.10. The summed E-state index contributed by atoms with van der Waals surface area (Å²) in [5, 5.41) is 10.5. The number of halogens is 1. The van der Waals surface area contributed by atoms with Crippen LogP contribution in [0.3, 0.4) is 0 Å². The Morgan fingerprint density at radius 3 is 2.12 bits per heavy atom. The average molecular weight is 521 g/mol. The van der Waals surface area contributed by atoms with Crippen LogP contribution >= 0.6 is 11.6 Å². The van der Waals surface area contributed by atoms with E-state index in [1.165, 1.54) is 24.3 Å². The Morgan fingerprint density at radius 1 is 0.971 bits per heavy atom. The van der Waals surface area contributed by atoms with E-state index in [1.807, 2.05) is 12.1 Å². The summed E-state index contributed by atoms with van der Waals surface area (Å²) in [5.74, 6) is -1.96. The van der Waals surface area contributed by atoms with Crippen LogP contribution in [0.15, 0.2) is 77.7 Å². The van der Waals surface area contributed by atoms with Gasteiger partial charge in [-0.1, -0.05) is 48.0 Å². The second kappa shape index (κ2) is 8.70. The molecule has 0 saturated heterocycles. The van der Waals surface area contributed by atoms with E-state index in [1.54, 1.807) is 36.4 Å². The van der Waals surface area contributed by atoms with Gasteiger partial charge in [-0.2, -0.15) is 4.72 Å². The summed E-state index contributed by atoms with van der Waals surface area (Å²) in [4.78, 5) is 12.0. The van der Waals surface area contributed by atoms with Gasteiger partial charge in [0.25, 0.3) is 0 Å². The summed E-state index contributed by atoms with van der Waals surface area (Å²) in [7, 11) is -7.67. The first-order valence-electron chi connectivity index (χ1n) is 10.1. The van der Waals surface area contributed by atoms with Crippen LogP contribution < -0.4 is 9.44 Å². The van der Waals surface area contributed by atoms with Crippen molar-refractivity contribution in [2.75, 3.05) is 11.0 Å². The van der Waals surface area contributed by atoms with Crippen molar-refractivity contribution in [1.29, 1.82) is 0 Å². The van der Waals surface area contributed by atoms with E-state index in [-0.39, 0.29) is 17.0 Å². The van der Waals surface area contributed by atoms with Gasteiger partial charge in [0.2, 0.25) is 20.0 Å². The van der Waals surface area contributed by atoms with Gasteiger partial charge in [0.1, 0.15) is 5.54 Å². The molecule has 8 nitrogen and oxygen atoms in total. The Balaban J connectivity index is 1.57. The highest BCUT2D eigenvalue weighted by molar-refractivity contribution is 7.92. The SMILES string of the molecule is CS(=O)(=O)Nc1cccc(C2CC2(NS(=O)(=O)c2ccc(-c3ccc(Cl)cc3)cc2)C(=O)O)c1. The topological polar surface area (TPSA) is 130 Å². The van der Waals surface area contributed by atoms with E-state index in [2.05, 4.69) is 9.44 Å². The molecule has 2 atom stereocenters. The normalized spacial score (nSPS) is 20.0. The molecule has 1 aliphatic rings. The van der Waals surface area contributed by atoms with Gasteiger partial charge in [-0.25, -0.2) is 16.8 Å². The molecule has 34 heavy (non-hydrogen) atoms. The van der Waals surface area contributed by atoms with Gasteiger partial charge in [0.05, 0.1) is 11.2 Å². The Labute approximate surface area is 202 Å². The minimum absolute atomic E-state index is 0.0345. The highest BCUT2D eigenvalue weighted by Gasteiger charge is 2.63. The lowest BCUT2D eigenvalue weighted by atomic mass is 10.1. The zero-order valence-electron chi connectivity index (χ0n) is 17.9. The second-order valence-corrected chi connectivity index (χ2v) is 12.0. The molecule has 0 aliphatic heterocycles. The fourth-order valence-corrected chi connectivity index (χ4v) is 5.94. The van der Waals surface area contributed by atoms with Crippen molar-refractivity contribution in [2.45, 2.75) is 22.8 Å². The van der Waals surface area contributed by atoms with Gasteiger partial charge in [-0.05, 0) is 59.5 Å². The maximum absolute atomic E-state index is 13.0. The van der Waals surface area contributed by atoms with Crippen molar-refractivity contribution >= 4 is 43.3 Å². The fourth-order valence-electron chi connectivity index (χ4n) is 3.86. The summed E-state index contributed by atoms with van der Waals surface area (Å²) in [5.41, 5.74) is 0.692. The maximum atomic E-state index is 13.0. The molecule has 0 radical (unpaired) electrons. The molecule has 0 spiro atoms. The second-order valence-electron chi connectivity index (χ2n) is 8.17. The Hall–Kier alpha value is -2.92. The van der Waals surface area contributed by atoms with Crippen LogP contribution in [0.2, 0.25) is 5.02 Å². The zero-order chi connectivity index (χ0) is 24.7. The number of rotatable bonds is 8. The molecular formula is C23H21ClN2O6S2. The molecule has 0 heterocycles. The molecule has 3 aromatic carbocycles. The predicted octanol–water partition coefficient (Wildman–Crippen LogP) is 3.67. The molecular weight excluding hydrogens is 500 g/mol. The summed E-state index contributed by atoms with van der Waals surface area (Å²) >= 11 is 5.90. The van der Waals surface area contributed by atoms with Crippen molar-refractivity contribution in [2.24, 2.45) is 0 Å². The number of anilines is 1. The number of benzene rings is 3. The number of carboxylic acid groups (broad SMARTS) is 1. The monoisotopic (exact) mass is 520 g/mol. The van der Waals surface area contributed by atoms with Gasteiger partial charge in [0, 0.05) is 16.6 Å². The molecule has 0 amide bonds. The minimum atomic E-state index is -4.15. The van der Waals surface area contributed by atoms with Gasteiger partial charge in [-0.3, -0.25) is 9.52 Å². The first-order valence-corrected chi connectivity index (χ1v) is 13.9. The fraction of sp³-hybridized carbons (Fsp3) is 0.174. The van der Waals surface area contributed by atoms with Crippen molar-refractivity contribution in [3.63, 3.8) is 0 Å². The Kier molecular flexibility index (Phi) is 6.19. The Morgan fingerprint density at radius 2 is 1.56 bits per heavy atom. The molecule has 1 aliphatic carbocycles. The smallest absolute Gasteiger partial charge is 0.325 e. The number of hydrogen-bond donors (Lipinski definition) is 3. The number of carbonyl (C=O) groups is 1. The number of sulfonamides is 2. The van der Waals surface area contributed by atoms with Crippen molar-refractivity contribution in [3.8, 4) is 11.1 Å². The lowest BCUT2D eigenvalue weighted by Crippen LogP contribution is -2.44. The third-order valence-electron chi connectivity index (χ3n) is 5.59. The first-order chi connectivity index (χ1) is 15.9. The van der Waals surface area contributed by atoms with Crippen LogP contribution in [-0.4, -0.2) is 39.7 Å². The van der Waals surface area contributed by atoms with E-state index < -0.39 is 37.5 Å². The van der Waals surface area contributed by atoms with Gasteiger partial charge in [0.15, 0.2) is 0 Å². The van der Waals surface area contributed by atoms with Crippen LogP contribution in [0, 0.1) is 0 Å². The van der Waals surface area contributed by atoms with Gasteiger partial charge >= 0.3 is 5.97 Å². The van der Waals surface area contributed by atoms with Crippen molar-refractivity contribution in [3.05, 3.63) is 83.4 Å². The standard InChI is InChI=1S/C23H21ClN2O6S2/c1-33(29,30)25-19-4-2-3-17(13-19)21-14-23(21,22(27)28)26-34(31,32)20-11-7-16(8-12-20)15-5-9-18(24)10-6-15/h2-13,21,25-26H,14H2,1H3,(H,27,28). The lowest BCUT2D eigenvalue weighted by molar-refractivity contribution is -0.140. The Bertz CT molecular complexity index is 1460. The molecule has 0 bridgehead atoms. The molecule has 11 heteroatoms. The van der Waals surface area contributed by atoms with Crippen molar-refractivity contribution in [1.82, 2.24) is 4.72 Å². The first kappa shape index (κ1) is 24.2. The number of carboxylic acids is 1. The lowest BCUT2D eigenvalue weighted by Gasteiger charge is -2.16. The van der Waals surface area contributed by atoms with E-state index in [0.717, 1.165) is 17.4 Å². The number of nitrogens with one attached hydrogen (secondary N) is 2. The van der Waals surface area contributed by atoms with Crippen molar-refractivity contribution < 1.29 is 26.7 Å². The van der Waals surface area contributed by atoms with Gasteiger partial charge in [-0.15, -0.1) is 0 Å². The average Bonchev–Trinajstić information content (AvgIpc) is 3.48. The van der Waals surface area contributed by atoms with E-state index >= 15 is 0 Å². The molecule has 3 N–H and O–H groups in total. The van der Waals surface area contributed by atoms with Crippen LogP contribution in [0.5, 0.6) is 0 Å². The third-order valence-corrected chi connectivity index (χ3v) is 7.98. The predicted molar refractivity (Wildman–Crippen MR) is 130 cm³/mol. The molecule has 1 saturated carbocycles. The summed E-state index contributed by atoms with van der Waals surface area (Å²) in [6.45, 7) is 0. The van der Waals surface area contributed by atoms with E-state index in [9.17, 15) is 26.7 Å². The number of hydrogen-bond acceptors (Lipinski definition) is 5. The number of aliphatic carboxylic acids is 1. The summed E-state index contributed by atoms with van der Waals surface area (Å²) in [6, 6.07) is 19.4. The highest BCUT2D eigenvalue weighted by atomic mass is 35.5. The highest BCUT2D eigenvalue weighted by Crippen LogP contribution is 2.52. The molecule has 3 aromatic rings. The summed E-state index contributed by atoms with van der Waals surface area (Å²) < 4.78 is 53.8. The summed E-state index contributed by atoms with van der Waals surface area (Å²) in [6.07, 6.45) is 1.04. The quantitative estimate of drug-likeness (QED) is 0.415.